The molecule has 2 aromatic heterocycles. The number of hydrogen-bond acceptors (Lipinski definition) is 5. The molecular formula is C18H17N3O2S2. The minimum atomic E-state index is -0.184. The highest BCUT2D eigenvalue weighted by Gasteiger charge is 2.12. The van der Waals surface area contributed by atoms with Crippen molar-refractivity contribution in [1.82, 2.24) is 4.98 Å². The molecule has 25 heavy (non-hydrogen) atoms. The van der Waals surface area contributed by atoms with Crippen molar-refractivity contribution in [3.8, 4) is 0 Å². The van der Waals surface area contributed by atoms with Crippen molar-refractivity contribution in [3.05, 3.63) is 63.3 Å². The van der Waals surface area contributed by atoms with Gasteiger partial charge in [-0.15, -0.1) is 22.7 Å². The van der Waals surface area contributed by atoms with E-state index in [1.165, 1.54) is 28.2 Å². The molecule has 128 valence electrons. The summed E-state index contributed by atoms with van der Waals surface area (Å²) < 4.78 is 0. The molecule has 2 heterocycles. The van der Waals surface area contributed by atoms with Gasteiger partial charge in [0.05, 0.1) is 17.0 Å². The molecule has 0 unspecified atom stereocenters. The van der Waals surface area contributed by atoms with E-state index < -0.39 is 0 Å². The lowest BCUT2D eigenvalue weighted by atomic mass is 10.1. The summed E-state index contributed by atoms with van der Waals surface area (Å²) in [5.74, 6) is -0.314. The summed E-state index contributed by atoms with van der Waals surface area (Å²) in [6, 6.07) is 11.4. The number of aromatic nitrogens is 1. The molecule has 0 radical (unpaired) electrons. The summed E-state index contributed by atoms with van der Waals surface area (Å²) in [6.07, 6.45) is 1.09. The summed E-state index contributed by atoms with van der Waals surface area (Å²) in [5.41, 5.74) is 2.59. The molecule has 1 aromatic carbocycles. The van der Waals surface area contributed by atoms with E-state index in [4.69, 9.17) is 0 Å². The number of rotatable bonds is 6. The molecule has 0 fully saturated rings. The van der Waals surface area contributed by atoms with Crippen molar-refractivity contribution in [3.63, 3.8) is 0 Å². The van der Waals surface area contributed by atoms with Gasteiger partial charge in [-0.05, 0) is 35.6 Å². The summed E-state index contributed by atoms with van der Waals surface area (Å²) in [5, 5.41) is 9.75. The van der Waals surface area contributed by atoms with Crippen molar-refractivity contribution in [1.29, 1.82) is 0 Å². The fourth-order valence-electron chi connectivity index (χ4n) is 2.25. The number of amides is 2. The van der Waals surface area contributed by atoms with Crippen LogP contribution in [-0.4, -0.2) is 16.8 Å². The van der Waals surface area contributed by atoms with Gasteiger partial charge in [0, 0.05) is 11.1 Å². The Hall–Kier alpha value is -2.51. The van der Waals surface area contributed by atoms with Gasteiger partial charge in [-0.2, -0.15) is 0 Å². The van der Waals surface area contributed by atoms with Gasteiger partial charge in [0.1, 0.15) is 0 Å². The SMILES string of the molecule is CCc1cccc(NC(=O)Cc2csc(NC(=O)c3cccs3)n2)c1. The Bertz CT molecular complexity index is 872. The maximum Gasteiger partial charge on any atom is 0.267 e. The van der Waals surface area contributed by atoms with Gasteiger partial charge in [-0.3, -0.25) is 14.9 Å². The van der Waals surface area contributed by atoms with Gasteiger partial charge < -0.3 is 5.32 Å². The molecule has 3 rings (SSSR count). The highest BCUT2D eigenvalue weighted by molar-refractivity contribution is 7.14. The molecule has 3 aromatic rings. The van der Waals surface area contributed by atoms with Crippen LogP contribution >= 0.6 is 22.7 Å². The largest absolute Gasteiger partial charge is 0.326 e. The lowest BCUT2D eigenvalue weighted by molar-refractivity contribution is -0.115. The van der Waals surface area contributed by atoms with Crippen LogP contribution in [0.5, 0.6) is 0 Å². The zero-order valence-corrected chi connectivity index (χ0v) is 15.2. The van der Waals surface area contributed by atoms with E-state index in [1.807, 2.05) is 35.7 Å². The van der Waals surface area contributed by atoms with E-state index in [9.17, 15) is 9.59 Å². The number of nitrogens with zero attached hydrogens (tertiary/aromatic N) is 1. The second kappa shape index (κ2) is 8.04. The number of thiazole rings is 1. The zero-order chi connectivity index (χ0) is 17.6. The van der Waals surface area contributed by atoms with Crippen molar-refractivity contribution in [2.24, 2.45) is 0 Å². The Morgan fingerprint density at radius 3 is 2.76 bits per heavy atom. The molecule has 0 saturated heterocycles. The van der Waals surface area contributed by atoms with Crippen molar-refractivity contribution in [2.45, 2.75) is 19.8 Å². The number of benzene rings is 1. The molecule has 0 aliphatic heterocycles. The second-order valence-corrected chi connectivity index (χ2v) is 7.16. The Morgan fingerprint density at radius 1 is 1.12 bits per heavy atom. The summed E-state index contributed by atoms with van der Waals surface area (Å²) in [6.45, 7) is 2.07. The maximum atomic E-state index is 12.2. The quantitative estimate of drug-likeness (QED) is 0.682. The number of thiophene rings is 1. The first-order valence-corrected chi connectivity index (χ1v) is 9.58. The number of anilines is 2. The van der Waals surface area contributed by atoms with Gasteiger partial charge in [-0.25, -0.2) is 4.98 Å². The smallest absolute Gasteiger partial charge is 0.267 e. The minimum absolute atomic E-state index is 0.130. The Balaban J connectivity index is 1.57. The topological polar surface area (TPSA) is 71.1 Å². The Morgan fingerprint density at radius 2 is 2.00 bits per heavy atom. The predicted molar refractivity (Wildman–Crippen MR) is 103 cm³/mol. The van der Waals surface area contributed by atoms with E-state index in [1.54, 1.807) is 11.4 Å². The van der Waals surface area contributed by atoms with Crippen molar-refractivity contribution in [2.75, 3.05) is 10.6 Å². The highest BCUT2D eigenvalue weighted by atomic mass is 32.1. The van der Waals surface area contributed by atoms with Crippen LogP contribution in [0.2, 0.25) is 0 Å². The van der Waals surface area contributed by atoms with Crippen LogP contribution in [0.1, 0.15) is 27.9 Å². The van der Waals surface area contributed by atoms with Crippen LogP contribution in [-0.2, 0) is 17.6 Å². The molecule has 0 aliphatic carbocycles. The molecule has 2 N–H and O–H groups in total. The molecule has 0 saturated carbocycles. The van der Waals surface area contributed by atoms with Crippen LogP contribution in [0.25, 0.3) is 0 Å². The number of hydrogen-bond donors (Lipinski definition) is 2. The third-order valence-corrected chi connectivity index (χ3v) is 5.15. The fourth-order valence-corrected chi connectivity index (χ4v) is 3.57. The summed E-state index contributed by atoms with van der Waals surface area (Å²) in [4.78, 5) is 29.1. The van der Waals surface area contributed by atoms with Crippen LogP contribution in [0, 0.1) is 0 Å². The first kappa shape index (κ1) is 17.3. The van der Waals surface area contributed by atoms with Gasteiger partial charge in [-0.1, -0.05) is 25.1 Å². The standard InChI is InChI=1S/C18H17N3O2S2/c1-2-12-5-3-6-13(9-12)19-16(22)10-14-11-25-18(20-14)21-17(23)15-7-4-8-24-15/h3-9,11H,2,10H2,1H3,(H,19,22)(H,20,21,23). The fraction of sp³-hybridized carbons (Fsp3) is 0.167. The normalized spacial score (nSPS) is 10.4. The van der Waals surface area contributed by atoms with E-state index in [-0.39, 0.29) is 18.2 Å². The lowest BCUT2D eigenvalue weighted by Gasteiger charge is -2.05. The average molecular weight is 371 g/mol. The maximum absolute atomic E-state index is 12.2. The van der Waals surface area contributed by atoms with E-state index >= 15 is 0 Å². The third kappa shape index (κ3) is 4.74. The van der Waals surface area contributed by atoms with Gasteiger partial charge in [0.25, 0.3) is 5.91 Å². The van der Waals surface area contributed by atoms with Gasteiger partial charge >= 0.3 is 0 Å². The van der Waals surface area contributed by atoms with Crippen LogP contribution in [0.15, 0.2) is 47.2 Å². The third-order valence-electron chi connectivity index (χ3n) is 3.48. The molecule has 0 spiro atoms. The average Bonchev–Trinajstić information content (AvgIpc) is 3.27. The molecular weight excluding hydrogens is 354 g/mol. The molecule has 5 nitrogen and oxygen atoms in total. The number of carbonyl (C=O) groups is 2. The zero-order valence-electron chi connectivity index (χ0n) is 13.6. The van der Waals surface area contributed by atoms with E-state index in [0.29, 0.717) is 15.7 Å². The van der Waals surface area contributed by atoms with Crippen LogP contribution in [0.4, 0.5) is 10.8 Å². The monoisotopic (exact) mass is 371 g/mol. The van der Waals surface area contributed by atoms with Crippen LogP contribution < -0.4 is 10.6 Å². The molecule has 0 aliphatic rings. The lowest BCUT2D eigenvalue weighted by Crippen LogP contribution is -2.15. The molecule has 2 amide bonds. The molecule has 7 heteroatoms. The van der Waals surface area contributed by atoms with Gasteiger partial charge in [0.15, 0.2) is 5.13 Å². The van der Waals surface area contributed by atoms with Crippen molar-refractivity contribution < 1.29 is 9.59 Å². The first-order valence-electron chi connectivity index (χ1n) is 7.82. The second-order valence-electron chi connectivity index (χ2n) is 5.35. The number of aryl methyl sites for hydroxylation is 1. The summed E-state index contributed by atoms with van der Waals surface area (Å²) in [7, 11) is 0. The minimum Gasteiger partial charge on any atom is -0.326 e. The van der Waals surface area contributed by atoms with Gasteiger partial charge in [0.2, 0.25) is 5.91 Å². The van der Waals surface area contributed by atoms with Crippen LogP contribution in [0.3, 0.4) is 0 Å². The van der Waals surface area contributed by atoms with Crippen molar-refractivity contribution >= 4 is 45.3 Å². The van der Waals surface area contributed by atoms with E-state index in [2.05, 4.69) is 22.5 Å². The molecule has 0 atom stereocenters. The number of carbonyl (C=O) groups excluding carboxylic acids is 2. The first-order chi connectivity index (χ1) is 12.1. The van der Waals surface area contributed by atoms with E-state index in [0.717, 1.165) is 12.1 Å². The predicted octanol–water partition coefficient (Wildman–Crippen LogP) is 4.20. The Labute approximate surface area is 153 Å². The molecule has 0 bridgehead atoms. The highest BCUT2D eigenvalue weighted by Crippen LogP contribution is 2.19. The Kier molecular flexibility index (Phi) is 5.57. The number of nitrogens with one attached hydrogen (secondary N) is 2. The summed E-state index contributed by atoms with van der Waals surface area (Å²) >= 11 is 2.68.